The summed E-state index contributed by atoms with van der Waals surface area (Å²) < 4.78 is 1.95. The van der Waals surface area contributed by atoms with Gasteiger partial charge in [0.1, 0.15) is 0 Å². The number of carbonyl (C=O) groups is 1. The van der Waals surface area contributed by atoms with Gasteiger partial charge in [-0.25, -0.2) is 4.98 Å². The fourth-order valence-electron chi connectivity index (χ4n) is 2.87. The lowest BCUT2D eigenvalue weighted by atomic mass is 10.2. The maximum absolute atomic E-state index is 12.4. The lowest BCUT2D eigenvalue weighted by molar-refractivity contribution is -0.113. The summed E-state index contributed by atoms with van der Waals surface area (Å²) in [5.41, 5.74) is 3.32. The highest BCUT2D eigenvalue weighted by Gasteiger charge is 2.18. The van der Waals surface area contributed by atoms with Crippen LogP contribution in [0.1, 0.15) is 5.56 Å². The number of anilines is 1. The largest absolute Gasteiger partial charge is 0.323 e. The molecule has 0 aliphatic heterocycles. The Morgan fingerprint density at radius 3 is 2.70 bits per heavy atom. The van der Waals surface area contributed by atoms with Crippen LogP contribution in [0.5, 0.6) is 0 Å². The average Bonchev–Trinajstić information content (AvgIpc) is 3.18. The smallest absolute Gasteiger partial charge is 0.234 e. The van der Waals surface area contributed by atoms with Crippen molar-refractivity contribution in [2.75, 3.05) is 11.1 Å². The summed E-state index contributed by atoms with van der Waals surface area (Å²) >= 11 is 7.31. The molecule has 0 radical (unpaired) electrons. The van der Waals surface area contributed by atoms with Crippen LogP contribution in [-0.2, 0) is 4.79 Å². The highest BCUT2D eigenvalue weighted by molar-refractivity contribution is 7.99. The van der Waals surface area contributed by atoms with E-state index in [1.165, 1.54) is 11.8 Å². The van der Waals surface area contributed by atoms with E-state index in [9.17, 15) is 4.79 Å². The molecule has 9 heteroatoms. The van der Waals surface area contributed by atoms with Crippen LogP contribution in [0.3, 0.4) is 0 Å². The molecule has 0 bridgehead atoms. The number of nitrogens with zero attached hydrogens (tertiary/aromatic N) is 5. The number of para-hydroxylation sites is 1. The number of halogens is 1. The Morgan fingerprint density at radius 1 is 1.10 bits per heavy atom. The number of thioether (sulfide) groups is 1. The predicted molar refractivity (Wildman–Crippen MR) is 118 cm³/mol. The molecule has 1 aromatic carbocycles. The van der Waals surface area contributed by atoms with Crippen molar-refractivity contribution in [1.29, 1.82) is 0 Å². The van der Waals surface area contributed by atoms with Crippen LogP contribution in [0.25, 0.3) is 17.1 Å². The van der Waals surface area contributed by atoms with Crippen molar-refractivity contribution in [2.45, 2.75) is 12.1 Å². The van der Waals surface area contributed by atoms with Gasteiger partial charge in [-0.1, -0.05) is 41.6 Å². The van der Waals surface area contributed by atoms with E-state index in [4.69, 9.17) is 11.6 Å². The molecule has 7 nitrogen and oxygen atoms in total. The number of amides is 1. The van der Waals surface area contributed by atoms with Crippen molar-refractivity contribution < 1.29 is 4.79 Å². The fourth-order valence-corrected chi connectivity index (χ4v) is 3.78. The quantitative estimate of drug-likeness (QED) is 0.356. The highest BCUT2D eigenvalue weighted by Crippen LogP contribution is 2.29. The van der Waals surface area contributed by atoms with E-state index in [1.807, 2.05) is 47.9 Å². The second-order valence-electron chi connectivity index (χ2n) is 6.35. The van der Waals surface area contributed by atoms with Crippen LogP contribution in [0.4, 0.5) is 5.69 Å². The zero-order valence-electron chi connectivity index (χ0n) is 16.0. The summed E-state index contributed by atoms with van der Waals surface area (Å²) in [6.45, 7) is 2.02. The summed E-state index contributed by atoms with van der Waals surface area (Å²) in [6, 6.07) is 15.1. The molecule has 30 heavy (non-hydrogen) atoms. The molecule has 3 heterocycles. The van der Waals surface area contributed by atoms with Gasteiger partial charge in [0.25, 0.3) is 0 Å². The number of carbonyl (C=O) groups excluding carboxylic acids is 1. The van der Waals surface area contributed by atoms with Crippen LogP contribution in [0, 0.1) is 6.92 Å². The number of pyridine rings is 2. The second-order valence-corrected chi connectivity index (χ2v) is 7.65. The Balaban J connectivity index is 1.62. The van der Waals surface area contributed by atoms with Crippen molar-refractivity contribution in [3.63, 3.8) is 0 Å². The van der Waals surface area contributed by atoms with Gasteiger partial charge in [-0.2, -0.15) is 0 Å². The van der Waals surface area contributed by atoms with Crippen LogP contribution < -0.4 is 5.32 Å². The maximum atomic E-state index is 12.4. The fraction of sp³-hybridized carbons (Fsp3) is 0.0952. The minimum Gasteiger partial charge on any atom is -0.323 e. The molecule has 0 aliphatic carbocycles. The van der Waals surface area contributed by atoms with E-state index >= 15 is 0 Å². The van der Waals surface area contributed by atoms with E-state index in [0.29, 0.717) is 16.7 Å². The van der Waals surface area contributed by atoms with Crippen LogP contribution in [0.2, 0.25) is 5.15 Å². The van der Waals surface area contributed by atoms with Gasteiger partial charge >= 0.3 is 0 Å². The van der Waals surface area contributed by atoms with Crippen molar-refractivity contribution >= 4 is 35.0 Å². The first-order valence-corrected chi connectivity index (χ1v) is 10.4. The van der Waals surface area contributed by atoms with Crippen molar-refractivity contribution in [3.05, 3.63) is 77.8 Å². The molecule has 0 fully saturated rings. The first kappa shape index (κ1) is 20.1. The molecule has 150 valence electrons. The van der Waals surface area contributed by atoms with Crippen LogP contribution in [0.15, 0.2) is 72.3 Å². The van der Waals surface area contributed by atoms with E-state index in [2.05, 4.69) is 25.5 Å². The van der Waals surface area contributed by atoms with Crippen molar-refractivity contribution in [3.8, 4) is 17.1 Å². The van der Waals surface area contributed by atoms with E-state index in [1.54, 1.807) is 30.7 Å². The summed E-state index contributed by atoms with van der Waals surface area (Å²) in [6.07, 6.45) is 5.02. The van der Waals surface area contributed by atoms with Gasteiger partial charge in [0.2, 0.25) is 5.91 Å². The molecule has 1 amide bonds. The number of hydrogen-bond acceptors (Lipinski definition) is 6. The summed E-state index contributed by atoms with van der Waals surface area (Å²) in [7, 11) is 0. The van der Waals surface area contributed by atoms with Crippen LogP contribution in [-0.4, -0.2) is 36.4 Å². The number of nitrogens with one attached hydrogen (secondary N) is 1. The second kappa shape index (κ2) is 9.06. The monoisotopic (exact) mass is 436 g/mol. The third-order valence-corrected chi connectivity index (χ3v) is 5.51. The average molecular weight is 437 g/mol. The van der Waals surface area contributed by atoms with Gasteiger partial charge in [-0.05, 0) is 42.8 Å². The van der Waals surface area contributed by atoms with E-state index < -0.39 is 0 Å². The van der Waals surface area contributed by atoms with Gasteiger partial charge in [0.15, 0.2) is 16.1 Å². The third-order valence-electron chi connectivity index (χ3n) is 4.27. The number of rotatable bonds is 6. The Hall–Kier alpha value is -3.23. The molecule has 4 aromatic rings. The Kier molecular flexibility index (Phi) is 6.06. The molecule has 0 atom stereocenters. The van der Waals surface area contributed by atoms with Crippen molar-refractivity contribution in [1.82, 2.24) is 24.7 Å². The zero-order chi connectivity index (χ0) is 20.9. The summed E-state index contributed by atoms with van der Waals surface area (Å²) in [5, 5.41) is 12.3. The lowest BCUT2D eigenvalue weighted by Gasteiger charge is -2.12. The lowest BCUT2D eigenvalue weighted by Crippen LogP contribution is -2.15. The molecule has 0 aliphatic rings. The number of benzene rings is 1. The van der Waals surface area contributed by atoms with Gasteiger partial charge in [0.05, 0.1) is 17.1 Å². The highest BCUT2D eigenvalue weighted by atomic mass is 35.5. The van der Waals surface area contributed by atoms with Crippen molar-refractivity contribution in [2.24, 2.45) is 0 Å². The molecule has 1 N–H and O–H groups in total. The Bertz CT molecular complexity index is 1180. The number of aryl methyl sites for hydroxylation is 1. The first-order chi connectivity index (χ1) is 14.6. The third kappa shape index (κ3) is 4.34. The normalized spacial score (nSPS) is 10.7. The van der Waals surface area contributed by atoms with Crippen LogP contribution >= 0.6 is 23.4 Å². The first-order valence-electron chi connectivity index (χ1n) is 9.08. The molecular weight excluding hydrogens is 420 g/mol. The Morgan fingerprint density at radius 2 is 1.93 bits per heavy atom. The maximum Gasteiger partial charge on any atom is 0.234 e. The standard InChI is InChI=1S/C21H17ClN6OS/c1-14-6-2-3-9-17(14)28-20(15-7-4-10-23-12-15)26-27-21(28)30-13-18(29)25-16-8-5-11-24-19(16)22/h2-12H,13H2,1H3,(H,25,29). The summed E-state index contributed by atoms with van der Waals surface area (Å²) in [4.78, 5) is 20.6. The molecule has 0 unspecified atom stereocenters. The van der Waals surface area contributed by atoms with E-state index in [-0.39, 0.29) is 16.8 Å². The summed E-state index contributed by atoms with van der Waals surface area (Å²) in [5.74, 6) is 0.593. The molecule has 4 rings (SSSR count). The van der Waals surface area contributed by atoms with Gasteiger partial charge in [-0.3, -0.25) is 14.3 Å². The number of aromatic nitrogens is 5. The Labute approximate surface area is 182 Å². The molecule has 0 saturated carbocycles. The molecule has 3 aromatic heterocycles. The number of hydrogen-bond donors (Lipinski definition) is 1. The van der Waals surface area contributed by atoms with E-state index in [0.717, 1.165) is 16.8 Å². The topological polar surface area (TPSA) is 85.6 Å². The zero-order valence-corrected chi connectivity index (χ0v) is 17.6. The van der Waals surface area contributed by atoms with Gasteiger partial charge in [0, 0.05) is 24.2 Å². The molecule has 0 spiro atoms. The SMILES string of the molecule is Cc1ccccc1-n1c(SCC(=O)Nc2cccnc2Cl)nnc1-c1cccnc1. The predicted octanol–water partition coefficient (Wildman–Crippen LogP) is 4.42. The molecule has 0 saturated heterocycles. The molecular formula is C21H17ClN6OS. The van der Waals surface area contributed by atoms with Gasteiger partial charge in [-0.15, -0.1) is 10.2 Å². The minimum absolute atomic E-state index is 0.141. The van der Waals surface area contributed by atoms with Gasteiger partial charge < -0.3 is 5.32 Å². The minimum atomic E-state index is -0.211.